The fourth-order valence-corrected chi connectivity index (χ4v) is 8.73. The molecule has 0 saturated heterocycles. The Morgan fingerprint density at radius 2 is 1.09 bits per heavy atom. The second kappa shape index (κ2) is 9.97. The third-order valence-corrected chi connectivity index (χ3v) is 10.7. The van der Waals surface area contributed by atoms with E-state index in [9.17, 15) is 0 Å². The largest absolute Gasteiger partial charge is 0.309 e. The topological polar surface area (TPSA) is 4.93 Å². The summed E-state index contributed by atoms with van der Waals surface area (Å²) >= 11 is 1.88. The van der Waals surface area contributed by atoms with Crippen LogP contribution in [0.25, 0.3) is 82.4 Å². The molecule has 0 saturated carbocycles. The number of aromatic nitrogens is 1. The first-order valence-corrected chi connectivity index (χ1v) is 16.6. The van der Waals surface area contributed by atoms with Crippen LogP contribution in [0, 0.1) is 0 Å². The summed E-state index contributed by atoms with van der Waals surface area (Å²) in [4.78, 5) is 2.65. The van der Waals surface area contributed by atoms with Gasteiger partial charge in [0, 0.05) is 37.2 Å². The molecule has 0 spiro atoms. The van der Waals surface area contributed by atoms with Crippen LogP contribution in [0.4, 0.5) is 0 Å². The van der Waals surface area contributed by atoms with E-state index in [2.05, 4.69) is 168 Å². The van der Waals surface area contributed by atoms with Crippen molar-refractivity contribution in [3.63, 3.8) is 0 Å². The highest BCUT2D eigenvalue weighted by molar-refractivity contribution is 7.99. The van der Waals surface area contributed by atoms with Gasteiger partial charge >= 0.3 is 0 Å². The van der Waals surface area contributed by atoms with Crippen LogP contribution >= 0.6 is 11.8 Å². The molecule has 1 aromatic heterocycles. The lowest BCUT2D eigenvalue weighted by atomic mass is 9.91. The first-order chi connectivity index (χ1) is 22.8. The fraction of sp³-hybridized carbons (Fsp3) is 0. The van der Waals surface area contributed by atoms with Crippen molar-refractivity contribution < 1.29 is 0 Å². The van der Waals surface area contributed by atoms with Crippen molar-refractivity contribution in [3.8, 4) is 39.1 Å². The lowest BCUT2D eigenvalue weighted by Gasteiger charge is -2.21. The molecule has 0 bridgehead atoms. The van der Waals surface area contributed by atoms with Gasteiger partial charge in [0.2, 0.25) is 0 Å². The normalized spacial score (nSPS) is 12.3. The SMILES string of the molecule is c1ccc(-n2c3ccc4ccccc4c3c3cccc(-c4cccc(-c5ccc6c7c(cccc57)-c5ccccc5S6)c4)c32)cc1. The zero-order valence-corrected chi connectivity index (χ0v) is 25.8. The third kappa shape index (κ3) is 3.71. The second-order valence-corrected chi connectivity index (χ2v) is 13.2. The Bertz CT molecular complexity index is 2660. The van der Waals surface area contributed by atoms with E-state index in [1.54, 1.807) is 0 Å². The van der Waals surface area contributed by atoms with Gasteiger partial charge in [-0.3, -0.25) is 0 Å². The van der Waals surface area contributed by atoms with Crippen molar-refractivity contribution in [2.24, 2.45) is 0 Å². The minimum Gasteiger partial charge on any atom is -0.309 e. The van der Waals surface area contributed by atoms with Crippen molar-refractivity contribution >= 4 is 55.1 Å². The van der Waals surface area contributed by atoms with Crippen molar-refractivity contribution in [1.82, 2.24) is 4.57 Å². The van der Waals surface area contributed by atoms with Crippen molar-refractivity contribution in [3.05, 3.63) is 164 Å². The van der Waals surface area contributed by atoms with Crippen LogP contribution in [0.15, 0.2) is 174 Å². The molecule has 46 heavy (non-hydrogen) atoms. The van der Waals surface area contributed by atoms with E-state index in [4.69, 9.17) is 0 Å². The van der Waals surface area contributed by atoms with E-state index in [1.165, 1.54) is 92.2 Å². The molecule has 2 heterocycles. The Labute approximate surface area is 271 Å². The number of para-hydroxylation sites is 2. The van der Waals surface area contributed by atoms with Crippen LogP contribution in [0.3, 0.4) is 0 Å². The van der Waals surface area contributed by atoms with Crippen LogP contribution in [-0.2, 0) is 0 Å². The summed E-state index contributed by atoms with van der Waals surface area (Å²) in [5.41, 5.74) is 11.2. The zero-order valence-electron chi connectivity index (χ0n) is 24.9. The quantitative estimate of drug-likeness (QED) is 0.195. The van der Waals surface area contributed by atoms with Crippen LogP contribution in [0.2, 0.25) is 0 Å². The predicted octanol–water partition coefficient (Wildman–Crippen LogP) is 12.6. The second-order valence-electron chi connectivity index (χ2n) is 12.1. The molecule has 0 N–H and O–H groups in total. The predicted molar refractivity (Wildman–Crippen MR) is 196 cm³/mol. The van der Waals surface area contributed by atoms with E-state index in [-0.39, 0.29) is 0 Å². The van der Waals surface area contributed by atoms with Crippen LogP contribution < -0.4 is 0 Å². The number of fused-ring (bicyclic) bond motifs is 7. The van der Waals surface area contributed by atoms with Crippen LogP contribution in [-0.4, -0.2) is 4.57 Å². The highest BCUT2D eigenvalue weighted by atomic mass is 32.2. The summed E-state index contributed by atoms with van der Waals surface area (Å²) in [6, 6.07) is 60.2. The average molecular weight is 602 g/mol. The molecule has 1 aliphatic heterocycles. The molecule has 8 aromatic carbocycles. The van der Waals surface area contributed by atoms with Crippen LogP contribution in [0.5, 0.6) is 0 Å². The maximum atomic E-state index is 2.45. The molecule has 0 radical (unpaired) electrons. The number of hydrogen-bond acceptors (Lipinski definition) is 1. The Hall–Kier alpha value is -5.57. The maximum absolute atomic E-state index is 2.45. The molecule has 214 valence electrons. The third-order valence-electron chi connectivity index (χ3n) is 9.58. The highest BCUT2D eigenvalue weighted by Crippen LogP contribution is 2.50. The summed E-state index contributed by atoms with van der Waals surface area (Å²) in [6.07, 6.45) is 0. The molecular weight excluding hydrogens is 575 g/mol. The first-order valence-electron chi connectivity index (χ1n) is 15.8. The van der Waals surface area contributed by atoms with Crippen molar-refractivity contribution in [2.75, 3.05) is 0 Å². The zero-order chi connectivity index (χ0) is 30.2. The summed E-state index contributed by atoms with van der Waals surface area (Å²) < 4.78 is 2.45. The summed E-state index contributed by atoms with van der Waals surface area (Å²) in [6.45, 7) is 0. The lowest BCUT2D eigenvalue weighted by molar-refractivity contribution is 1.18. The molecule has 10 rings (SSSR count). The van der Waals surface area contributed by atoms with Gasteiger partial charge in [-0.1, -0.05) is 139 Å². The Balaban J connectivity index is 1.23. The summed E-state index contributed by atoms with van der Waals surface area (Å²) in [7, 11) is 0. The van der Waals surface area contributed by atoms with Gasteiger partial charge in [0.05, 0.1) is 11.0 Å². The molecule has 2 heteroatoms. The van der Waals surface area contributed by atoms with E-state index in [0.717, 1.165) is 0 Å². The fourth-order valence-electron chi connectivity index (χ4n) is 7.60. The van der Waals surface area contributed by atoms with E-state index in [1.807, 2.05) is 11.8 Å². The molecule has 1 aliphatic rings. The summed E-state index contributed by atoms with van der Waals surface area (Å²) in [5, 5.41) is 7.78. The molecule has 0 amide bonds. The van der Waals surface area contributed by atoms with E-state index in [0.29, 0.717) is 0 Å². The van der Waals surface area contributed by atoms with Gasteiger partial charge in [-0.25, -0.2) is 0 Å². The Kier molecular flexibility index (Phi) is 5.58. The molecule has 0 aliphatic carbocycles. The standard InChI is InChI=1S/C44H27NS/c1-2-14-31(15-3-1)45-39-25-23-28-11-4-5-16-33(28)42(39)38-21-9-18-34(44(38)45)30-13-8-12-29(27-30)32-24-26-41-43-36(32)19-10-20-37(43)35-17-6-7-22-40(35)46-41/h1-27H. The Morgan fingerprint density at radius 3 is 2.00 bits per heavy atom. The monoisotopic (exact) mass is 601 g/mol. The van der Waals surface area contributed by atoms with Gasteiger partial charge in [-0.15, -0.1) is 0 Å². The van der Waals surface area contributed by atoms with Crippen molar-refractivity contribution in [1.29, 1.82) is 0 Å². The van der Waals surface area contributed by atoms with Gasteiger partial charge in [0.15, 0.2) is 0 Å². The van der Waals surface area contributed by atoms with Gasteiger partial charge in [-0.05, 0) is 80.4 Å². The minimum atomic E-state index is 1.17. The van der Waals surface area contributed by atoms with Gasteiger partial charge in [0.1, 0.15) is 0 Å². The molecule has 0 atom stereocenters. The molecule has 1 nitrogen and oxygen atoms in total. The van der Waals surface area contributed by atoms with E-state index < -0.39 is 0 Å². The lowest BCUT2D eigenvalue weighted by Crippen LogP contribution is -1.95. The van der Waals surface area contributed by atoms with Gasteiger partial charge in [-0.2, -0.15) is 0 Å². The van der Waals surface area contributed by atoms with E-state index >= 15 is 0 Å². The molecule has 0 unspecified atom stereocenters. The smallest absolute Gasteiger partial charge is 0.0619 e. The molecule has 0 fully saturated rings. The Morgan fingerprint density at radius 1 is 0.391 bits per heavy atom. The van der Waals surface area contributed by atoms with Gasteiger partial charge < -0.3 is 4.57 Å². The molecular formula is C44H27NS. The average Bonchev–Trinajstić information content (AvgIpc) is 3.47. The first kappa shape index (κ1) is 25.7. The van der Waals surface area contributed by atoms with Crippen molar-refractivity contribution in [2.45, 2.75) is 9.79 Å². The number of hydrogen-bond donors (Lipinski definition) is 0. The highest BCUT2D eigenvalue weighted by Gasteiger charge is 2.21. The number of nitrogens with zero attached hydrogens (tertiary/aromatic N) is 1. The minimum absolute atomic E-state index is 1.17. The van der Waals surface area contributed by atoms with Gasteiger partial charge in [0.25, 0.3) is 0 Å². The maximum Gasteiger partial charge on any atom is 0.0619 e. The molecule has 9 aromatic rings. The summed E-state index contributed by atoms with van der Waals surface area (Å²) in [5.74, 6) is 0. The number of benzene rings is 8. The van der Waals surface area contributed by atoms with Crippen LogP contribution in [0.1, 0.15) is 0 Å². The number of rotatable bonds is 3.